The second kappa shape index (κ2) is 19.8. The molecule has 0 saturated carbocycles. The smallest absolute Gasteiger partial charge is 0.160 e. The Morgan fingerprint density at radius 3 is 1.16 bits per heavy atom. The number of para-hydroxylation sites is 6. The van der Waals surface area contributed by atoms with Gasteiger partial charge in [0.1, 0.15) is 0 Å². The van der Waals surface area contributed by atoms with E-state index in [1.54, 1.807) is 0 Å². The Morgan fingerprint density at radius 1 is 0.281 bits per heavy atom. The summed E-state index contributed by atoms with van der Waals surface area (Å²) in [4.78, 5) is 10.9. The maximum atomic E-state index is 9.87. The van der Waals surface area contributed by atoms with Gasteiger partial charge in [-0.3, -0.25) is 0 Å². The van der Waals surface area contributed by atoms with Crippen LogP contribution in [-0.2, 0) is 10.8 Å². The minimum Gasteiger partial charge on any atom is -0.309 e. The van der Waals surface area contributed by atoms with Gasteiger partial charge < -0.3 is 18.3 Å². The van der Waals surface area contributed by atoms with Crippen LogP contribution in [0.3, 0.4) is 0 Å². The lowest BCUT2D eigenvalue weighted by Crippen LogP contribution is -2.26. The molecule has 0 saturated heterocycles. The summed E-state index contributed by atoms with van der Waals surface area (Å²) in [5.74, 6) is 0.599. The maximum absolute atomic E-state index is 9.87. The van der Waals surface area contributed by atoms with Gasteiger partial charge in [-0.15, -0.1) is 0 Å². The van der Waals surface area contributed by atoms with Crippen LogP contribution in [-0.4, -0.2) is 28.2 Å². The van der Waals surface area contributed by atoms with Crippen molar-refractivity contribution >= 4 is 87.2 Å². The third-order valence-corrected chi connectivity index (χ3v) is 21.3. The highest BCUT2D eigenvalue weighted by atomic mass is 15.0. The molecular weight excluding hydrogens is 1170 g/mol. The molecule has 0 fully saturated rings. The molecule has 0 spiro atoms. The average Bonchev–Trinajstić information content (AvgIpc) is 1.48. The third-order valence-electron chi connectivity index (χ3n) is 21.3. The highest BCUT2D eigenvalue weighted by Crippen LogP contribution is 2.52. The topological polar surface area (TPSA) is 69.3 Å². The van der Waals surface area contributed by atoms with E-state index in [2.05, 4.69) is 313 Å². The van der Waals surface area contributed by atoms with Crippen molar-refractivity contribution in [1.82, 2.24) is 28.2 Å². The van der Waals surface area contributed by atoms with E-state index < -0.39 is 0 Å². The van der Waals surface area contributed by atoms with Crippen molar-refractivity contribution in [3.63, 3.8) is 0 Å². The zero-order valence-corrected chi connectivity index (χ0v) is 53.3. The summed E-state index contributed by atoms with van der Waals surface area (Å²) in [7, 11) is 0. The molecule has 0 bridgehead atoms. The van der Waals surface area contributed by atoms with Gasteiger partial charge in [0.05, 0.1) is 78.5 Å². The standard InChI is InChI=1S/C89H59N7/c1-88(2)71-27-9-15-33-83(71)95-79-31-13-7-25-65(79)69-47-59(49-73(88)85(69)95)55-39-41-81-67(45-55)63-23-5-11-29-77(63)93(81)61-21-17-19-57(43-61)76-51-75(54-37-35-53(52-90)36-38-54)91-87(92-76)58-20-18-22-62(44-58)94-78-30-12-6-24-64(78)68-46-56(40-42-82(68)94)60-48-70-66-26-8-14-32-80(66)96-84-34-16-10-28-72(84)89(3,4)74(50-60)86(70)96/h5-51H,1-4H3. The quantitative estimate of drug-likeness (QED) is 0.160. The third kappa shape index (κ3) is 7.64. The average molecular weight is 1230 g/mol. The van der Waals surface area contributed by atoms with Gasteiger partial charge in [-0.1, -0.05) is 185 Å². The van der Waals surface area contributed by atoms with Gasteiger partial charge in [0, 0.05) is 82.0 Å². The lowest BCUT2D eigenvalue weighted by atomic mass is 9.74. The van der Waals surface area contributed by atoms with Crippen LogP contribution in [0.2, 0.25) is 0 Å². The van der Waals surface area contributed by atoms with Crippen molar-refractivity contribution in [2.45, 2.75) is 38.5 Å². The fourth-order valence-corrected chi connectivity index (χ4v) is 16.7. The molecule has 2 aliphatic rings. The van der Waals surface area contributed by atoms with E-state index in [1.165, 1.54) is 121 Å². The number of nitrogens with zero attached hydrogens (tertiary/aromatic N) is 7. The molecule has 7 heteroatoms. The predicted octanol–water partition coefficient (Wildman–Crippen LogP) is 22.4. The molecule has 0 unspecified atom stereocenters. The van der Waals surface area contributed by atoms with Crippen LogP contribution in [0.1, 0.15) is 55.5 Å². The number of aromatic nitrogens is 6. The van der Waals surface area contributed by atoms with Crippen molar-refractivity contribution in [3.8, 4) is 85.0 Å². The van der Waals surface area contributed by atoms with Crippen LogP contribution in [0.5, 0.6) is 0 Å². The van der Waals surface area contributed by atoms with E-state index in [9.17, 15) is 5.26 Å². The summed E-state index contributed by atoms with van der Waals surface area (Å²) in [5, 5.41) is 19.7. The number of rotatable bonds is 7. The second-order valence-electron chi connectivity index (χ2n) is 27.3. The summed E-state index contributed by atoms with van der Waals surface area (Å²) in [6.07, 6.45) is 0. The van der Waals surface area contributed by atoms with E-state index in [1.807, 2.05) is 24.3 Å². The highest BCUT2D eigenvalue weighted by Gasteiger charge is 2.37. The van der Waals surface area contributed by atoms with Crippen LogP contribution in [0.15, 0.2) is 285 Å². The van der Waals surface area contributed by atoms with E-state index in [-0.39, 0.29) is 10.8 Å². The van der Waals surface area contributed by atoms with Crippen molar-refractivity contribution in [1.29, 1.82) is 5.26 Å². The summed E-state index contributed by atoms with van der Waals surface area (Å²) in [6.45, 7) is 9.51. The molecule has 7 heterocycles. The van der Waals surface area contributed by atoms with Gasteiger partial charge >= 0.3 is 0 Å². The zero-order chi connectivity index (χ0) is 63.9. The molecule has 0 amide bonds. The van der Waals surface area contributed by atoms with Crippen LogP contribution < -0.4 is 0 Å². The second-order valence-corrected chi connectivity index (χ2v) is 27.3. The molecule has 18 aromatic rings. The Bertz CT molecular complexity index is 6110. The SMILES string of the molecule is CC1(C)c2ccccc2-n2c3ccccc3c3cc(-c4ccc5c(c4)c4ccccc4n5-c4cccc(-c5cc(-c6ccc(C#N)cc6)nc(-c6cccc(-n7c8ccccc8c8cc(-c9cc%10c%11c(c9)c9ccccc9n%11-c9ccccc9C%10(C)C)ccc87)c6)n5)c4)cc1c32. The fourth-order valence-electron chi connectivity index (χ4n) is 16.7. The number of hydrogen-bond donors (Lipinski definition) is 0. The van der Waals surface area contributed by atoms with E-state index in [0.29, 0.717) is 11.4 Å². The van der Waals surface area contributed by atoms with Crippen molar-refractivity contribution < 1.29 is 0 Å². The molecule has 2 aliphatic heterocycles. The molecule has 7 nitrogen and oxygen atoms in total. The first-order valence-electron chi connectivity index (χ1n) is 33.1. The molecule has 20 rings (SSSR count). The Kier molecular flexibility index (Phi) is 11.2. The number of fused-ring (bicyclic) bond motifs is 16. The summed E-state index contributed by atoms with van der Waals surface area (Å²) >= 11 is 0. The van der Waals surface area contributed by atoms with Gasteiger partial charge in [0.15, 0.2) is 5.82 Å². The molecule has 0 atom stereocenters. The van der Waals surface area contributed by atoms with Crippen molar-refractivity contribution in [2.24, 2.45) is 0 Å². The first-order chi connectivity index (χ1) is 47.0. The van der Waals surface area contributed by atoms with E-state index in [4.69, 9.17) is 9.97 Å². The minimum absolute atomic E-state index is 0.219. The van der Waals surface area contributed by atoms with Crippen LogP contribution in [0.25, 0.3) is 166 Å². The van der Waals surface area contributed by atoms with E-state index >= 15 is 0 Å². The molecular formula is C89H59N7. The van der Waals surface area contributed by atoms with Crippen molar-refractivity contribution in [3.05, 3.63) is 313 Å². The van der Waals surface area contributed by atoms with Crippen LogP contribution in [0, 0.1) is 11.3 Å². The molecule has 0 radical (unpaired) electrons. The molecule has 5 aromatic heterocycles. The molecule has 0 N–H and O–H groups in total. The summed E-state index contributed by atoms with van der Waals surface area (Å²) in [5.41, 5.74) is 28.6. The highest BCUT2D eigenvalue weighted by molar-refractivity contribution is 6.16. The first kappa shape index (κ1) is 54.2. The Morgan fingerprint density at radius 2 is 0.667 bits per heavy atom. The molecule has 96 heavy (non-hydrogen) atoms. The number of benzene rings is 13. The lowest BCUT2D eigenvalue weighted by Gasteiger charge is -2.35. The predicted molar refractivity (Wildman–Crippen MR) is 396 cm³/mol. The molecule has 13 aromatic carbocycles. The Balaban J connectivity index is 0.701. The Labute approximate surface area is 553 Å². The lowest BCUT2D eigenvalue weighted by molar-refractivity contribution is 0.630. The van der Waals surface area contributed by atoms with Crippen LogP contribution >= 0.6 is 0 Å². The van der Waals surface area contributed by atoms with Gasteiger partial charge in [0.25, 0.3) is 0 Å². The van der Waals surface area contributed by atoms with E-state index in [0.717, 1.165) is 61.5 Å². The molecule has 450 valence electrons. The fraction of sp³-hybridized carbons (Fsp3) is 0.0674. The van der Waals surface area contributed by atoms with Crippen LogP contribution in [0.4, 0.5) is 0 Å². The number of hydrogen-bond acceptors (Lipinski definition) is 3. The monoisotopic (exact) mass is 1230 g/mol. The largest absolute Gasteiger partial charge is 0.309 e. The number of nitriles is 1. The van der Waals surface area contributed by atoms with Gasteiger partial charge in [-0.05, 0) is 172 Å². The first-order valence-corrected chi connectivity index (χ1v) is 33.1. The normalized spacial score (nSPS) is 13.6. The van der Waals surface area contributed by atoms with Gasteiger partial charge in [-0.2, -0.15) is 5.26 Å². The maximum Gasteiger partial charge on any atom is 0.160 e. The summed E-state index contributed by atoms with van der Waals surface area (Å²) in [6, 6.07) is 106. The Hall–Kier alpha value is -12.4. The van der Waals surface area contributed by atoms with Gasteiger partial charge in [-0.25, -0.2) is 9.97 Å². The zero-order valence-electron chi connectivity index (χ0n) is 53.3. The summed E-state index contributed by atoms with van der Waals surface area (Å²) < 4.78 is 9.76. The van der Waals surface area contributed by atoms with Crippen molar-refractivity contribution in [2.75, 3.05) is 0 Å². The minimum atomic E-state index is -0.221. The molecule has 0 aliphatic carbocycles. The van der Waals surface area contributed by atoms with Gasteiger partial charge in [0.2, 0.25) is 0 Å².